The second kappa shape index (κ2) is 13.1. The Morgan fingerprint density at radius 3 is 2.35 bits per heavy atom. The zero-order chi connectivity index (χ0) is 29.7. The van der Waals surface area contributed by atoms with Crippen LogP contribution in [0.3, 0.4) is 0 Å². The first-order valence-corrected chi connectivity index (χ1v) is 13.6. The predicted octanol–water partition coefficient (Wildman–Crippen LogP) is 3.94. The van der Waals surface area contributed by atoms with Crippen molar-refractivity contribution in [1.82, 2.24) is 4.98 Å². The Hall–Kier alpha value is -3.00. The second-order valence-corrected chi connectivity index (χ2v) is 11.1. The molecule has 0 amide bonds. The molecule has 2 heterocycles. The van der Waals surface area contributed by atoms with E-state index in [1.807, 2.05) is 0 Å². The van der Waals surface area contributed by atoms with Crippen molar-refractivity contribution >= 4 is 29.7 Å². The largest absolute Gasteiger partial charge is 0.463 e. The summed E-state index contributed by atoms with van der Waals surface area (Å²) in [4.78, 5) is 42.9. The molecule has 1 aromatic rings. The summed E-state index contributed by atoms with van der Waals surface area (Å²) in [6.07, 6.45) is -3.88. The van der Waals surface area contributed by atoms with E-state index in [1.165, 1.54) is 6.20 Å². The Balaban J connectivity index is 2.09. The third-order valence-corrected chi connectivity index (χ3v) is 8.34. The van der Waals surface area contributed by atoms with Crippen LogP contribution in [0.4, 0.5) is 8.78 Å². The van der Waals surface area contributed by atoms with Crippen molar-refractivity contribution in [3.8, 4) is 0 Å². The Morgan fingerprint density at radius 2 is 1.80 bits per heavy atom. The van der Waals surface area contributed by atoms with Gasteiger partial charge in [-0.2, -0.15) is 0 Å². The topological polar surface area (TPSA) is 170 Å². The fourth-order valence-electron chi connectivity index (χ4n) is 4.85. The first-order valence-electron chi connectivity index (χ1n) is 12.6. The summed E-state index contributed by atoms with van der Waals surface area (Å²) in [6.45, 7) is 4.75. The molecule has 0 aromatic carbocycles. The first kappa shape index (κ1) is 31.5. The molecule has 1 aliphatic heterocycles. The number of aryl methyl sites for hydroxylation is 1. The fraction of sp³-hybridized carbons (Fsp3) is 0.680. The van der Waals surface area contributed by atoms with Gasteiger partial charge in [-0.3, -0.25) is 19.4 Å². The Labute approximate surface area is 233 Å². The van der Waals surface area contributed by atoms with Crippen molar-refractivity contribution in [2.24, 2.45) is 5.11 Å². The molecule has 0 radical (unpaired) electrons. The van der Waals surface area contributed by atoms with Crippen molar-refractivity contribution in [2.45, 2.75) is 99.9 Å². The molecule has 1 N–H and O–H groups in total. The van der Waals surface area contributed by atoms with Crippen LogP contribution >= 0.6 is 11.8 Å². The van der Waals surface area contributed by atoms with Gasteiger partial charge >= 0.3 is 17.9 Å². The first-order chi connectivity index (χ1) is 18.8. The SMILES string of the molecule is CC(=O)OC[C@H]1O[C@@H](SC(c2ncccc2C)C2(O)CCC(F)(F)CC2)[C@H](OC(C)=O)[C@@H](N=[N+]=[N-])[C@H]1OC(C)=O. The van der Waals surface area contributed by atoms with Crippen molar-refractivity contribution < 1.29 is 47.2 Å². The number of carbonyl (C=O) groups excluding carboxylic acids is 3. The minimum atomic E-state index is -2.93. The Morgan fingerprint density at radius 1 is 1.18 bits per heavy atom. The van der Waals surface area contributed by atoms with Crippen LogP contribution in [0.15, 0.2) is 23.4 Å². The number of rotatable bonds is 9. The van der Waals surface area contributed by atoms with E-state index in [1.54, 1.807) is 19.1 Å². The number of esters is 3. The van der Waals surface area contributed by atoms with E-state index in [-0.39, 0.29) is 12.8 Å². The van der Waals surface area contributed by atoms with Crippen molar-refractivity contribution in [3.05, 3.63) is 40.0 Å². The number of azide groups is 1. The number of carbonyl (C=O) groups is 3. The molecule has 1 unspecified atom stereocenters. The normalized spacial score (nSPS) is 27.9. The van der Waals surface area contributed by atoms with E-state index in [0.29, 0.717) is 11.3 Å². The van der Waals surface area contributed by atoms with Crippen molar-refractivity contribution in [2.75, 3.05) is 6.61 Å². The average Bonchev–Trinajstić information content (AvgIpc) is 2.86. The summed E-state index contributed by atoms with van der Waals surface area (Å²) in [7, 11) is 0. The summed E-state index contributed by atoms with van der Waals surface area (Å²) >= 11 is 0.956. The number of nitrogens with zero attached hydrogens (tertiary/aromatic N) is 4. The minimum Gasteiger partial charge on any atom is -0.463 e. The number of halogens is 2. The van der Waals surface area contributed by atoms with E-state index >= 15 is 0 Å². The number of thioether (sulfide) groups is 1. The molecule has 1 aromatic heterocycles. The number of aliphatic hydroxyl groups is 1. The fourth-order valence-corrected chi connectivity index (χ4v) is 6.56. The highest BCUT2D eigenvalue weighted by molar-refractivity contribution is 8.00. The van der Waals surface area contributed by atoms with Crippen LogP contribution in [0.25, 0.3) is 10.4 Å². The zero-order valence-corrected chi connectivity index (χ0v) is 23.3. The number of hydrogen-bond donors (Lipinski definition) is 1. The Kier molecular flexibility index (Phi) is 10.3. The molecule has 3 rings (SSSR count). The number of hydrogen-bond acceptors (Lipinski definition) is 11. The molecule has 0 bridgehead atoms. The molecular formula is C25H32F2N4O8S. The summed E-state index contributed by atoms with van der Waals surface area (Å²) in [5.41, 5.74) is 7.56. The molecule has 2 aliphatic rings. The maximum absolute atomic E-state index is 14.1. The third kappa shape index (κ3) is 7.80. The number of ether oxygens (including phenoxy) is 4. The van der Waals surface area contributed by atoms with Gasteiger partial charge < -0.3 is 24.1 Å². The maximum Gasteiger partial charge on any atom is 0.303 e. The molecule has 6 atom stereocenters. The maximum atomic E-state index is 14.1. The molecule has 15 heteroatoms. The van der Waals surface area contributed by atoms with Gasteiger partial charge in [0.05, 0.1) is 16.5 Å². The highest BCUT2D eigenvalue weighted by Gasteiger charge is 2.54. The van der Waals surface area contributed by atoms with Crippen LogP contribution in [0, 0.1) is 6.92 Å². The van der Waals surface area contributed by atoms with Gasteiger partial charge in [0.25, 0.3) is 0 Å². The smallest absolute Gasteiger partial charge is 0.303 e. The predicted molar refractivity (Wildman–Crippen MR) is 137 cm³/mol. The molecular weight excluding hydrogens is 554 g/mol. The number of aromatic nitrogens is 1. The van der Waals surface area contributed by atoms with Gasteiger partial charge in [0, 0.05) is 44.7 Å². The molecule has 1 saturated carbocycles. The van der Waals surface area contributed by atoms with E-state index in [9.17, 15) is 33.8 Å². The average molecular weight is 587 g/mol. The molecule has 2 fully saturated rings. The molecule has 12 nitrogen and oxygen atoms in total. The van der Waals surface area contributed by atoms with Gasteiger partial charge in [-0.1, -0.05) is 11.2 Å². The third-order valence-electron chi connectivity index (χ3n) is 6.76. The van der Waals surface area contributed by atoms with E-state index in [2.05, 4.69) is 15.0 Å². The highest BCUT2D eigenvalue weighted by Crippen LogP contribution is 2.52. The zero-order valence-electron chi connectivity index (χ0n) is 22.5. The second-order valence-electron chi connectivity index (χ2n) is 9.87. The summed E-state index contributed by atoms with van der Waals surface area (Å²) in [5, 5.41) is 14.5. The van der Waals surface area contributed by atoms with Crippen molar-refractivity contribution in [3.63, 3.8) is 0 Å². The van der Waals surface area contributed by atoms with Crippen molar-refractivity contribution in [1.29, 1.82) is 0 Å². The van der Waals surface area contributed by atoms with Gasteiger partial charge in [-0.05, 0) is 36.9 Å². The lowest BCUT2D eigenvalue weighted by Gasteiger charge is -2.47. The van der Waals surface area contributed by atoms with Gasteiger partial charge in [0.2, 0.25) is 5.92 Å². The lowest BCUT2D eigenvalue weighted by Crippen LogP contribution is -2.60. The van der Waals surface area contributed by atoms with Gasteiger partial charge in [0.1, 0.15) is 36.4 Å². The molecule has 220 valence electrons. The van der Waals surface area contributed by atoms with E-state index < -0.39 is 83.9 Å². The summed E-state index contributed by atoms with van der Waals surface area (Å²) < 4.78 is 50.3. The monoisotopic (exact) mass is 586 g/mol. The quantitative estimate of drug-likeness (QED) is 0.147. The lowest BCUT2D eigenvalue weighted by molar-refractivity contribution is -0.201. The van der Waals surface area contributed by atoms with Gasteiger partial charge in [-0.15, -0.1) is 11.8 Å². The Bertz CT molecular complexity index is 1140. The van der Waals surface area contributed by atoms with E-state index in [0.717, 1.165) is 32.5 Å². The van der Waals surface area contributed by atoms with Crippen LogP contribution < -0.4 is 0 Å². The lowest BCUT2D eigenvalue weighted by atomic mass is 9.79. The van der Waals surface area contributed by atoms with Crippen LogP contribution in [-0.2, 0) is 33.3 Å². The number of pyridine rings is 1. The van der Waals surface area contributed by atoms with Crippen LogP contribution in [0.5, 0.6) is 0 Å². The molecule has 1 saturated heterocycles. The minimum absolute atomic E-state index is 0.245. The standard InChI is InChI=1S/C25H32F2N4O8S/c1-13-6-5-11-29-18(13)22(24(35)7-9-25(26,27)10-8-24)40-23-21(38-16(4)34)19(30-31-28)20(37-15(3)33)17(39-23)12-36-14(2)32/h5-6,11,17,19-23,35H,7-10,12H2,1-4H3/t17-,19+,20+,21-,22?,23+/m1/s1. The highest BCUT2D eigenvalue weighted by atomic mass is 32.2. The van der Waals surface area contributed by atoms with Gasteiger partial charge in [-0.25, -0.2) is 8.78 Å². The summed E-state index contributed by atoms with van der Waals surface area (Å²) in [5.74, 6) is -5.11. The summed E-state index contributed by atoms with van der Waals surface area (Å²) in [6, 6.07) is 2.13. The van der Waals surface area contributed by atoms with Crippen LogP contribution in [-0.4, -0.2) is 75.9 Å². The number of alkyl halides is 2. The molecule has 1 aliphatic carbocycles. The van der Waals surface area contributed by atoms with Gasteiger partial charge in [0.15, 0.2) is 0 Å². The van der Waals surface area contributed by atoms with E-state index in [4.69, 9.17) is 18.9 Å². The van der Waals surface area contributed by atoms with Crippen LogP contribution in [0.2, 0.25) is 0 Å². The molecule has 0 spiro atoms. The molecule has 40 heavy (non-hydrogen) atoms. The van der Waals surface area contributed by atoms with Crippen LogP contribution in [0.1, 0.15) is 63.0 Å².